The minimum Gasteiger partial charge on any atom is -0.425 e. The molecule has 0 bridgehead atoms. The van der Waals surface area contributed by atoms with Gasteiger partial charge in [0.15, 0.2) is 0 Å². The van der Waals surface area contributed by atoms with Crippen molar-refractivity contribution in [2.75, 3.05) is 0 Å². The van der Waals surface area contributed by atoms with Crippen LogP contribution in [0.3, 0.4) is 0 Å². The summed E-state index contributed by atoms with van der Waals surface area (Å²) >= 11 is 0. The minimum atomic E-state index is -1.84. The van der Waals surface area contributed by atoms with Gasteiger partial charge in [-0.15, -0.1) is 0 Å². The molecule has 168 valence electrons. The first kappa shape index (κ1) is 28.2. The molecule has 0 spiro atoms. The molecule has 0 aromatic heterocycles. The molecule has 12 nitrogen and oxygen atoms in total. The van der Waals surface area contributed by atoms with Gasteiger partial charge in [-0.1, -0.05) is 20.8 Å². The van der Waals surface area contributed by atoms with Crippen LogP contribution in [0.5, 0.6) is 0 Å². The van der Waals surface area contributed by atoms with Gasteiger partial charge in [0.2, 0.25) is 0 Å². The molecule has 24 heteroatoms. The molecule has 0 radical (unpaired) electrons. The maximum absolute atomic E-state index is 5.98. The lowest BCUT2D eigenvalue weighted by Gasteiger charge is -2.28. The van der Waals surface area contributed by atoms with E-state index in [0.29, 0.717) is 0 Å². The summed E-state index contributed by atoms with van der Waals surface area (Å²) in [6.07, 6.45) is 0. The van der Waals surface area contributed by atoms with E-state index in [1.54, 1.807) is 0 Å². The molecule has 28 heavy (non-hydrogen) atoms. The zero-order chi connectivity index (χ0) is 20.3. The second kappa shape index (κ2) is 19.8. The molecule has 1 heterocycles. The summed E-state index contributed by atoms with van der Waals surface area (Å²) in [6, 6.07) is 0. The molecule has 0 N–H and O–H groups in total. The lowest BCUT2D eigenvalue weighted by molar-refractivity contribution is 0.325. The van der Waals surface area contributed by atoms with Crippen molar-refractivity contribution in [1.29, 1.82) is 0 Å². The van der Waals surface area contributed by atoms with Crippen molar-refractivity contribution in [1.82, 2.24) is 0 Å². The Bertz CT molecular complexity index is 327. The summed E-state index contributed by atoms with van der Waals surface area (Å²) in [5, 5.41) is -0.00902. The first-order valence-corrected chi connectivity index (χ1v) is 22.8. The first-order chi connectivity index (χ1) is 13.6. The molecule has 1 rings (SSSR count). The van der Waals surface area contributed by atoms with Gasteiger partial charge in [-0.05, 0) is 0 Å². The summed E-state index contributed by atoms with van der Waals surface area (Å²) in [5.41, 5.74) is 0. The van der Waals surface area contributed by atoms with Gasteiger partial charge < -0.3 is 49.4 Å². The predicted octanol–water partition coefficient (Wildman–Crippen LogP) is -9.79. The van der Waals surface area contributed by atoms with E-state index in [-0.39, 0.29) is 5.04 Å². The molecule has 0 unspecified atom stereocenters. The number of hydrogen-bond acceptors (Lipinski definition) is 12. The molecule has 0 atom stereocenters. The molecular formula is C4H32O12Si12. The summed E-state index contributed by atoms with van der Waals surface area (Å²) in [5.74, 6) is 0. The summed E-state index contributed by atoms with van der Waals surface area (Å²) in [6.45, 7) is 6.38. The third kappa shape index (κ3) is 17.8. The van der Waals surface area contributed by atoms with Crippen molar-refractivity contribution >= 4 is 119 Å². The highest BCUT2D eigenvalue weighted by Crippen LogP contribution is 2.27. The zero-order valence-corrected chi connectivity index (χ0v) is 33.5. The van der Waals surface area contributed by atoms with Gasteiger partial charge in [0.25, 0.3) is 110 Å². The van der Waals surface area contributed by atoms with Gasteiger partial charge in [-0.25, -0.2) is 0 Å². The van der Waals surface area contributed by atoms with Gasteiger partial charge >= 0.3 is 9.28 Å². The normalized spacial score (nSPS) is 35.0. The maximum Gasteiger partial charge on any atom is 0.308 e. The van der Waals surface area contributed by atoms with Crippen LogP contribution in [0, 0.1) is 0 Å². The van der Waals surface area contributed by atoms with E-state index in [0.717, 1.165) is 0 Å². The van der Waals surface area contributed by atoms with Gasteiger partial charge in [0, 0.05) is 5.04 Å². The highest BCUT2D eigenvalue weighted by Gasteiger charge is 2.29. The van der Waals surface area contributed by atoms with Crippen molar-refractivity contribution in [3.8, 4) is 0 Å². The van der Waals surface area contributed by atoms with Crippen LogP contribution in [0.2, 0.25) is 5.04 Å². The Morgan fingerprint density at radius 2 is 0.607 bits per heavy atom. The largest absolute Gasteiger partial charge is 0.425 e. The van der Waals surface area contributed by atoms with Crippen LogP contribution in [0.25, 0.3) is 0 Å². The van der Waals surface area contributed by atoms with E-state index < -0.39 is 119 Å². The third-order valence-electron chi connectivity index (χ3n) is 2.81. The Hall–Kier alpha value is 2.12. The van der Waals surface area contributed by atoms with Crippen LogP contribution >= 0.6 is 0 Å². The fourth-order valence-corrected chi connectivity index (χ4v) is 26.9. The standard InChI is InChI=1S/C4H32O12Si12/c1-4(2,3)28-15-26-13-24-11-22-9-20-7-18-5-17-6-19-8-21-10-23-12-25-14-27-16-28/h28H,17-27H2,1-3H3. The van der Waals surface area contributed by atoms with Crippen molar-refractivity contribution in [3.05, 3.63) is 0 Å². The highest BCUT2D eigenvalue weighted by atomic mass is 28.4. The number of rotatable bonds is 0. The Morgan fingerprint density at radius 3 is 0.821 bits per heavy atom. The van der Waals surface area contributed by atoms with Crippen LogP contribution in [0.4, 0.5) is 0 Å². The lowest BCUT2D eigenvalue weighted by atomic mass is 10.3. The second-order valence-electron chi connectivity index (χ2n) is 6.37. The molecule has 1 saturated heterocycles. The average Bonchev–Trinajstić information content (AvgIpc) is 2.65. The lowest BCUT2D eigenvalue weighted by Crippen LogP contribution is -2.37. The van der Waals surface area contributed by atoms with Crippen LogP contribution in [-0.4, -0.2) is 119 Å². The van der Waals surface area contributed by atoms with Crippen LogP contribution in [0.1, 0.15) is 20.8 Å². The second-order valence-corrected chi connectivity index (χ2v) is 30.4. The van der Waals surface area contributed by atoms with E-state index in [1.165, 1.54) is 0 Å². The number of hydrogen-bond donors (Lipinski definition) is 0. The fourth-order valence-electron chi connectivity index (χ4n) is 1.64. The Balaban J connectivity index is 2.25. The molecule has 0 aromatic rings. The quantitative estimate of drug-likeness (QED) is 0.244. The van der Waals surface area contributed by atoms with E-state index in [1.807, 2.05) is 0 Å². The Labute approximate surface area is 193 Å². The van der Waals surface area contributed by atoms with Gasteiger partial charge in [0.1, 0.15) is 0 Å². The molecule has 0 saturated carbocycles. The molecule has 0 aromatic carbocycles. The summed E-state index contributed by atoms with van der Waals surface area (Å²) < 4.78 is 67.0. The monoisotopic (exact) mass is 608 g/mol. The predicted molar refractivity (Wildman–Crippen MR) is 134 cm³/mol. The van der Waals surface area contributed by atoms with E-state index in [4.69, 9.17) is 49.4 Å². The smallest absolute Gasteiger partial charge is 0.308 e. The highest BCUT2D eigenvalue weighted by molar-refractivity contribution is 6.61. The topological polar surface area (TPSA) is 111 Å². The van der Waals surface area contributed by atoms with Crippen molar-refractivity contribution in [2.45, 2.75) is 25.8 Å². The van der Waals surface area contributed by atoms with Gasteiger partial charge in [0.05, 0.1) is 0 Å². The van der Waals surface area contributed by atoms with Crippen molar-refractivity contribution < 1.29 is 49.4 Å². The summed E-state index contributed by atoms with van der Waals surface area (Å²) in [7, 11) is -13.0. The summed E-state index contributed by atoms with van der Waals surface area (Å²) in [4.78, 5) is 0. The fraction of sp³-hybridized carbons (Fsp3) is 1.00. The molecule has 1 aliphatic rings. The van der Waals surface area contributed by atoms with Crippen molar-refractivity contribution in [2.24, 2.45) is 0 Å². The minimum absolute atomic E-state index is 0.00902. The maximum atomic E-state index is 5.98. The van der Waals surface area contributed by atoms with E-state index >= 15 is 0 Å². The van der Waals surface area contributed by atoms with Gasteiger partial charge in [-0.2, -0.15) is 0 Å². The van der Waals surface area contributed by atoms with Crippen LogP contribution in [-0.2, 0) is 49.4 Å². The zero-order valence-electron chi connectivity index (χ0n) is 16.8. The van der Waals surface area contributed by atoms with Crippen LogP contribution < -0.4 is 0 Å². The van der Waals surface area contributed by atoms with E-state index in [2.05, 4.69) is 20.8 Å². The third-order valence-corrected chi connectivity index (χ3v) is 21.1. The molecule has 1 fully saturated rings. The average molecular weight is 609 g/mol. The first-order valence-electron chi connectivity index (χ1n) is 8.61. The van der Waals surface area contributed by atoms with Gasteiger partial charge in [-0.3, -0.25) is 0 Å². The van der Waals surface area contributed by atoms with Crippen LogP contribution in [0.15, 0.2) is 0 Å². The molecular weight excluding hydrogens is 577 g/mol. The SMILES string of the molecule is CC(C)(C)[SiH]1O[SiH2]O[SiH2]O[SiH2]O[SiH2]O[SiH2]O[SiH2]O[SiH2]O[SiH2]O[SiH2]O[SiH2]O[SiH2]O1. The Morgan fingerprint density at radius 1 is 0.393 bits per heavy atom. The molecule has 0 amide bonds. The molecule has 0 aliphatic carbocycles. The molecule has 1 aliphatic heterocycles. The Kier molecular flexibility index (Phi) is 19.9. The van der Waals surface area contributed by atoms with Crippen molar-refractivity contribution in [3.63, 3.8) is 0 Å². The van der Waals surface area contributed by atoms with E-state index in [9.17, 15) is 0 Å².